The Kier molecular flexibility index (Phi) is 5.16. The van der Waals surface area contributed by atoms with Gasteiger partial charge in [-0.3, -0.25) is 9.69 Å². The Hall–Kier alpha value is -1.35. The highest BCUT2D eigenvalue weighted by Crippen LogP contribution is 2.25. The van der Waals surface area contributed by atoms with Crippen molar-refractivity contribution in [3.05, 3.63) is 35.9 Å². The Morgan fingerprint density at radius 3 is 2.41 bits per heavy atom. The van der Waals surface area contributed by atoms with Crippen LogP contribution in [0.2, 0.25) is 0 Å². The van der Waals surface area contributed by atoms with Gasteiger partial charge < -0.3 is 5.11 Å². The fraction of sp³-hybridized carbons (Fsp3) is 0.500. The summed E-state index contributed by atoms with van der Waals surface area (Å²) in [6, 6.07) is 10.2. The van der Waals surface area contributed by atoms with Gasteiger partial charge in [-0.25, -0.2) is 0 Å². The van der Waals surface area contributed by atoms with Crippen LogP contribution in [-0.4, -0.2) is 29.1 Å². The fourth-order valence-electron chi connectivity index (χ4n) is 1.93. The van der Waals surface area contributed by atoms with E-state index in [0.717, 1.165) is 12.0 Å². The largest absolute Gasteiger partial charge is 0.481 e. The first-order chi connectivity index (χ1) is 8.06. The smallest absolute Gasteiger partial charge is 0.305 e. The van der Waals surface area contributed by atoms with E-state index in [1.165, 1.54) is 0 Å². The average molecular weight is 235 g/mol. The SMILES string of the molecule is CCC(C)N(C)C(CC(=O)O)c1ccccc1. The van der Waals surface area contributed by atoms with E-state index >= 15 is 0 Å². The van der Waals surface area contributed by atoms with Crippen molar-refractivity contribution in [3.63, 3.8) is 0 Å². The number of hydrogen-bond donors (Lipinski definition) is 1. The third-order valence-corrected chi connectivity index (χ3v) is 3.33. The maximum atomic E-state index is 11.0. The van der Waals surface area contributed by atoms with Crippen molar-refractivity contribution in [3.8, 4) is 0 Å². The lowest BCUT2D eigenvalue weighted by molar-refractivity contribution is -0.138. The summed E-state index contributed by atoms with van der Waals surface area (Å²) in [5.41, 5.74) is 1.07. The summed E-state index contributed by atoms with van der Waals surface area (Å²) in [7, 11) is 1.99. The molecule has 3 nitrogen and oxygen atoms in total. The minimum Gasteiger partial charge on any atom is -0.481 e. The second kappa shape index (κ2) is 6.40. The minimum absolute atomic E-state index is 0.0522. The highest BCUT2D eigenvalue weighted by atomic mass is 16.4. The molecule has 0 fully saturated rings. The maximum absolute atomic E-state index is 11.0. The lowest BCUT2D eigenvalue weighted by Crippen LogP contribution is -2.34. The number of benzene rings is 1. The van der Waals surface area contributed by atoms with E-state index in [1.807, 2.05) is 37.4 Å². The Labute approximate surface area is 103 Å². The van der Waals surface area contributed by atoms with Crippen molar-refractivity contribution in [2.24, 2.45) is 0 Å². The van der Waals surface area contributed by atoms with Gasteiger partial charge in [0.15, 0.2) is 0 Å². The summed E-state index contributed by atoms with van der Waals surface area (Å²) in [6.07, 6.45) is 1.16. The molecule has 2 unspecified atom stereocenters. The van der Waals surface area contributed by atoms with Gasteiger partial charge in [0.25, 0.3) is 0 Å². The molecule has 0 bridgehead atoms. The molecule has 1 aromatic carbocycles. The highest BCUT2D eigenvalue weighted by molar-refractivity contribution is 5.67. The van der Waals surface area contributed by atoms with Crippen LogP contribution in [0.25, 0.3) is 0 Å². The average Bonchev–Trinajstić information content (AvgIpc) is 2.35. The van der Waals surface area contributed by atoms with Gasteiger partial charge in [-0.1, -0.05) is 37.3 Å². The van der Waals surface area contributed by atoms with Crippen LogP contribution < -0.4 is 0 Å². The first-order valence-corrected chi connectivity index (χ1v) is 6.05. The van der Waals surface area contributed by atoms with Crippen LogP contribution in [0.1, 0.15) is 38.3 Å². The molecule has 0 aliphatic rings. The summed E-state index contributed by atoms with van der Waals surface area (Å²) in [5, 5.41) is 9.02. The van der Waals surface area contributed by atoms with Crippen molar-refractivity contribution in [1.82, 2.24) is 4.90 Å². The predicted octanol–water partition coefficient (Wildman–Crippen LogP) is 2.93. The second-order valence-electron chi connectivity index (χ2n) is 4.45. The van der Waals surface area contributed by atoms with Gasteiger partial charge in [0.05, 0.1) is 6.42 Å². The molecule has 17 heavy (non-hydrogen) atoms. The molecule has 0 amide bonds. The van der Waals surface area contributed by atoms with Crippen molar-refractivity contribution >= 4 is 5.97 Å². The number of carboxylic acids is 1. The third-order valence-electron chi connectivity index (χ3n) is 3.33. The molecule has 94 valence electrons. The molecule has 0 aromatic heterocycles. The molecule has 3 heteroatoms. The lowest BCUT2D eigenvalue weighted by atomic mass is 10.0. The summed E-state index contributed by atoms with van der Waals surface area (Å²) < 4.78 is 0. The van der Waals surface area contributed by atoms with E-state index in [1.54, 1.807) is 0 Å². The Balaban J connectivity index is 2.91. The van der Waals surface area contributed by atoms with Gasteiger partial charge in [0.1, 0.15) is 0 Å². The number of rotatable bonds is 6. The normalized spacial score (nSPS) is 14.6. The summed E-state index contributed by atoms with van der Waals surface area (Å²) in [6.45, 7) is 4.24. The zero-order valence-electron chi connectivity index (χ0n) is 10.8. The Morgan fingerprint density at radius 2 is 1.94 bits per heavy atom. The van der Waals surface area contributed by atoms with Gasteiger partial charge in [-0.05, 0) is 26.0 Å². The molecule has 1 aromatic rings. The second-order valence-corrected chi connectivity index (χ2v) is 4.45. The van der Waals surface area contributed by atoms with Gasteiger partial charge in [0.2, 0.25) is 0 Å². The standard InChI is InChI=1S/C14H21NO2/c1-4-11(2)15(3)13(10-14(16)17)12-8-6-5-7-9-12/h5-9,11,13H,4,10H2,1-3H3,(H,16,17). The Morgan fingerprint density at radius 1 is 1.35 bits per heavy atom. The van der Waals surface area contributed by atoms with Crippen molar-refractivity contribution in [1.29, 1.82) is 0 Å². The number of aliphatic carboxylic acids is 1. The highest BCUT2D eigenvalue weighted by Gasteiger charge is 2.22. The van der Waals surface area contributed by atoms with E-state index in [4.69, 9.17) is 5.11 Å². The van der Waals surface area contributed by atoms with E-state index in [-0.39, 0.29) is 12.5 Å². The molecule has 0 aliphatic carbocycles. The zero-order chi connectivity index (χ0) is 12.8. The van der Waals surface area contributed by atoms with E-state index in [0.29, 0.717) is 6.04 Å². The van der Waals surface area contributed by atoms with Gasteiger partial charge in [0, 0.05) is 12.1 Å². The van der Waals surface area contributed by atoms with Crippen molar-refractivity contribution in [2.75, 3.05) is 7.05 Å². The predicted molar refractivity (Wildman–Crippen MR) is 69.0 cm³/mol. The molecule has 2 atom stereocenters. The molecule has 0 saturated carbocycles. The topological polar surface area (TPSA) is 40.5 Å². The maximum Gasteiger partial charge on any atom is 0.305 e. The minimum atomic E-state index is -0.756. The number of carboxylic acid groups (broad SMARTS) is 1. The molecular formula is C14H21NO2. The molecule has 0 heterocycles. The molecule has 1 N–H and O–H groups in total. The molecular weight excluding hydrogens is 214 g/mol. The first-order valence-electron chi connectivity index (χ1n) is 6.05. The zero-order valence-corrected chi connectivity index (χ0v) is 10.8. The van der Waals surface area contributed by atoms with Crippen molar-refractivity contribution < 1.29 is 9.90 Å². The van der Waals surface area contributed by atoms with Crippen molar-refractivity contribution in [2.45, 2.75) is 38.8 Å². The van der Waals surface area contributed by atoms with Gasteiger partial charge in [-0.15, -0.1) is 0 Å². The van der Waals surface area contributed by atoms with Gasteiger partial charge >= 0.3 is 5.97 Å². The van der Waals surface area contributed by atoms with Crippen LogP contribution in [0.5, 0.6) is 0 Å². The quantitative estimate of drug-likeness (QED) is 0.824. The summed E-state index contributed by atoms with van der Waals surface area (Å²) >= 11 is 0. The summed E-state index contributed by atoms with van der Waals surface area (Å²) in [5.74, 6) is -0.756. The fourth-order valence-corrected chi connectivity index (χ4v) is 1.93. The van der Waals surface area contributed by atoms with Crippen LogP contribution in [0.3, 0.4) is 0 Å². The van der Waals surface area contributed by atoms with E-state index in [2.05, 4.69) is 18.7 Å². The summed E-state index contributed by atoms with van der Waals surface area (Å²) in [4.78, 5) is 13.1. The molecule has 0 spiro atoms. The first kappa shape index (κ1) is 13.7. The lowest BCUT2D eigenvalue weighted by Gasteiger charge is -2.32. The number of carbonyl (C=O) groups is 1. The monoisotopic (exact) mass is 235 g/mol. The van der Waals surface area contributed by atoms with E-state index in [9.17, 15) is 4.79 Å². The van der Waals surface area contributed by atoms with Gasteiger partial charge in [-0.2, -0.15) is 0 Å². The molecule has 0 aliphatic heterocycles. The van der Waals surface area contributed by atoms with Crippen LogP contribution in [0, 0.1) is 0 Å². The molecule has 0 saturated heterocycles. The van der Waals surface area contributed by atoms with Crippen LogP contribution >= 0.6 is 0 Å². The molecule has 1 rings (SSSR count). The van der Waals surface area contributed by atoms with Crippen LogP contribution in [-0.2, 0) is 4.79 Å². The molecule has 0 radical (unpaired) electrons. The van der Waals surface area contributed by atoms with E-state index < -0.39 is 5.97 Å². The number of nitrogens with zero attached hydrogens (tertiary/aromatic N) is 1. The number of hydrogen-bond acceptors (Lipinski definition) is 2. The Bertz CT molecular complexity index is 350. The van der Waals surface area contributed by atoms with Crippen LogP contribution in [0.4, 0.5) is 0 Å². The van der Waals surface area contributed by atoms with Crippen LogP contribution in [0.15, 0.2) is 30.3 Å². The third kappa shape index (κ3) is 3.86.